The van der Waals surface area contributed by atoms with E-state index in [9.17, 15) is 9.18 Å². The second-order valence-corrected chi connectivity index (χ2v) is 2.31. The van der Waals surface area contributed by atoms with Crippen molar-refractivity contribution in [3.05, 3.63) is 23.8 Å². The highest BCUT2D eigenvalue weighted by atomic mass is 19.1. The minimum absolute atomic E-state index is 0.170. The van der Waals surface area contributed by atoms with Gasteiger partial charge >= 0.3 is 0 Å². The van der Waals surface area contributed by atoms with Gasteiger partial charge in [0.25, 0.3) is 0 Å². The molecule has 0 aliphatic heterocycles. The fourth-order valence-corrected chi connectivity index (χ4v) is 0.939. The summed E-state index contributed by atoms with van der Waals surface area (Å²) in [6.45, 7) is 1.39. The van der Waals surface area contributed by atoms with Crippen molar-refractivity contribution in [3.63, 3.8) is 0 Å². The molecule has 1 rings (SSSR count). The van der Waals surface area contributed by atoms with Crippen molar-refractivity contribution < 1.29 is 9.18 Å². The Kier molecular flexibility index (Phi) is 2.00. The fourth-order valence-electron chi connectivity index (χ4n) is 0.939. The second kappa shape index (κ2) is 2.78. The van der Waals surface area contributed by atoms with E-state index in [0.717, 1.165) is 0 Å². The van der Waals surface area contributed by atoms with Gasteiger partial charge in [-0.1, -0.05) is 18.2 Å². The van der Waals surface area contributed by atoms with E-state index in [1.807, 2.05) is 0 Å². The Hall–Kier alpha value is -0.920. The van der Waals surface area contributed by atoms with Crippen LogP contribution in [0.15, 0.2) is 23.8 Å². The zero-order valence-electron chi connectivity index (χ0n) is 5.80. The molecule has 0 radical (unpaired) electrons. The summed E-state index contributed by atoms with van der Waals surface area (Å²) in [4.78, 5) is 10.7. The molecule has 0 fully saturated rings. The lowest BCUT2D eigenvalue weighted by Gasteiger charge is -2.09. The maximum Gasteiger partial charge on any atom is 0.158 e. The number of carbonyl (C=O) groups is 1. The highest BCUT2D eigenvalue weighted by Crippen LogP contribution is 2.16. The molecule has 1 atom stereocenters. The molecule has 2 heteroatoms. The summed E-state index contributed by atoms with van der Waals surface area (Å²) in [6.07, 6.45) is 4.23. The van der Waals surface area contributed by atoms with Crippen LogP contribution in [0.1, 0.15) is 13.3 Å². The highest BCUT2D eigenvalue weighted by Gasteiger charge is 2.16. The van der Waals surface area contributed by atoms with Crippen molar-refractivity contribution in [1.29, 1.82) is 0 Å². The fraction of sp³-hybridized carbons (Fsp3) is 0.375. The summed E-state index contributed by atoms with van der Waals surface area (Å²) in [5.74, 6) is -0.170. The van der Waals surface area contributed by atoms with Crippen LogP contribution in [0.25, 0.3) is 0 Å². The number of hydrogen-bond donors (Lipinski definition) is 0. The van der Waals surface area contributed by atoms with Gasteiger partial charge in [-0.15, -0.1) is 0 Å². The van der Waals surface area contributed by atoms with Crippen molar-refractivity contribution in [2.45, 2.75) is 19.5 Å². The third kappa shape index (κ3) is 1.32. The predicted molar refractivity (Wildman–Crippen MR) is 37.4 cm³/mol. The Balaban J connectivity index is 2.80. The second-order valence-electron chi connectivity index (χ2n) is 2.31. The lowest BCUT2D eigenvalue weighted by molar-refractivity contribution is -0.114. The molecule has 1 unspecified atom stereocenters. The van der Waals surface area contributed by atoms with Crippen LogP contribution in [-0.4, -0.2) is 12.0 Å². The average molecular weight is 140 g/mol. The maximum absolute atomic E-state index is 12.8. The van der Waals surface area contributed by atoms with E-state index in [-0.39, 0.29) is 5.78 Å². The first-order valence-corrected chi connectivity index (χ1v) is 3.23. The van der Waals surface area contributed by atoms with Crippen molar-refractivity contribution in [2.24, 2.45) is 0 Å². The number of halogens is 1. The molecule has 0 amide bonds. The summed E-state index contributed by atoms with van der Waals surface area (Å²) in [5.41, 5.74) is 0.294. The Labute approximate surface area is 59.2 Å². The lowest BCUT2D eigenvalue weighted by Crippen LogP contribution is -2.12. The smallest absolute Gasteiger partial charge is 0.158 e. The van der Waals surface area contributed by atoms with E-state index in [1.165, 1.54) is 13.0 Å². The number of alkyl halides is 1. The number of carbonyl (C=O) groups excluding carboxylic acids is 1. The maximum atomic E-state index is 12.8. The largest absolute Gasteiger partial charge is 0.295 e. The molecule has 0 heterocycles. The van der Waals surface area contributed by atoms with Gasteiger partial charge in [0.15, 0.2) is 5.78 Å². The third-order valence-electron chi connectivity index (χ3n) is 1.50. The normalized spacial score (nSPS) is 24.2. The molecule has 1 aliphatic rings. The van der Waals surface area contributed by atoms with Crippen LogP contribution < -0.4 is 0 Å². The monoisotopic (exact) mass is 140 g/mol. The van der Waals surface area contributed by atoms with E-state index in [2.05, 4.69) is 0 Å². The van der Waals surface area contributed by atoms with Crippen LogP contribution in [-0.2, 0) is 4.79 Å². The molecule has 0 N–H and O–H groups in total. The van der Waals surface area contributed by atoms with Gasteiger partial charge in [-0.25, -0.2) is 4.39 Å². The molecule has 0 saturated carbocycles. The minimum atomic E-state index is -1.08. The zero-order valence-corrected chi connectivity index (χ0v) is 5.80. The summed E-state index contributed by atoms with van der Waals surface area (Å²) in [6, 6.07) is 0. The van der Waals surface area contributed by atoms with Crippen molar-refractivity contribution in [2.75, 3.05) is 0 Å². The van der Waals surface area contributed by atoms with E-state index in [4.69, 9.17) is 0 Å². The van der Waals surface area contributed by atoms with Crippen LogP contribution in [0.4, 0.5) is 4.39 Å². The van der Waals surface area contributed by atoms with Gasteiger partial charge in [-0.3, -0.25) is 4.79 Å². The molecule has 0 aromatic rings. The minimum Gasteiger partial charge on any atom is -0.295 e. The molecule has 10 heavy (non-hydrogen) atoms. The summed E-state index contributed by atoms with van der Waals surface area (Å²) < 4.78 is 12.8. The number of ketones is 1. The molecule has 1 nitrogen and oxygen atoms in total. The zero-order chi connectivity index (χ0) is 7.56. The Morgan fingerprint density at radius 1 is 1.80 bits per heavy atom. The standard InChI is InChI=1S/C8H9FO/c1-6(10)7-4-2-3-5-8(7)9/h2-4,8H,5H2,1H3. The van der Waals surface area contributed by atoms with Crippen LogP contribution in [0, 0.1) is 0 Å². The van der Waals surface area contributed by atoms with Crippen LogP contribution in [0.5, 0.6) is 0 Å². The third-order valence-corrected chi connectivity index (χ3v) is 1.50. The Morgan fingerprint density at radius 3 is 2.90 bits per heavy atom. The summed E-state index contributed by atoms with van der Waals surface area (Å²) in [5, 5.41) is 0. The van der Waals surface area contributed by atoms with E-state index in [1.54, 1.807) is 12.2 Å². The summed E-state index contributed by atoms with van der Waals surface area (Å²) in [7, 11) is 0. The topological polar surface area (TPSA) is 17.1 Å². The Bertz CT molecular complexity index is 203. The van der Waals surface area contributed by atoms with Crippen molar-refractivity contribution in [1.82, 2.24) is 0 Å². The van der Waals surface area contributed by atoms with Crippen LogP contribution in [0.2, 0.25) is 0 Å². The molecule has 0 bridgehead atoms. The van der Waals surface area contributed by atoms with E-state index < -0.39 is 6.17 Å². The molecule has 0 aromatic heterocycles. The quantitative estimate of drug-likeness (QED) is 0.542. The van der Waals surface area contributed by atoms with Gasteiger partial charge in [-0.2, -0.15) is 0 Å². The van der Waals surface area contributed by atoms with Gasteiger partial charge in [0.2, 0.25) is 0 Å². The van der Waals surface area contributed by atoms with Crippen LogP contribution >= 0.6 is 0 Å². The first-order chi connectivity index (χ1) is 4.72. The van der Waals surface area contributed by atoms with Gasteiger partial charge in [0.1, 0.15) is 6.17 Å². The van der Waals surface area contributed by atoms with E-state index >= 15 is 0 Å². The van der Waals surface area contributed by atoms with Gasteiger partial charge in [0.05, 0.1) is 0 Å². The van der Waals surface area contributed by atoms with Crippen molar-refractivity contribution >= 4 is 5.78 Å². The molecule has 54 valence electrons. The SMILES string of the molecule is CC(=O)C1=CC=CCC1F. The van der Waals surface area contributed by atoms with Crippen LogP contribution in [0.3, 0.4) is 0 Å². The van der Waals surface area contributed by atoms with E-state index in [0.29, 0.717) is 12.0 Å². The van der Waals surface area contributed by atoms with Gasteiger partial charge < -0.3 is 0 Å². The average Bonchev–Trinajstić information content (AvgIpc) is 1.88. The number of allylic oxidation sites excluding steroid dienone is 4. The first-order valence-electron chi connectivity index (χ1n) is 3.23. The van der Waals surface area contributed by atoms with Crippen molar-refractivity contribution in [3.8, 4) is 0 Å². The number of hydrogen-bond acceptors (Lipinski definition) is 1. The molecule has 1 aliphatic carbocycles. The molecule has 0 spiro atoms. The molecular weight excluding hydrogens is 131 g/mol. The number of Topliss-reactive ketones (excluding diaryl/α,β-unsaturated/α-hetero) is 1. The molecule has 0 saturated heterocycles. The first kappa shape index (κ1) is 7.19. The molecular formula is C8H9FO. The molecule has 0 aromatic carbocycles. The van der Waals surface area contributed by atoms with Gasteiger partial charge in [-0.05, 0) is 6.92 Å². The lowest BCUT2D eigenvalue weighted by atomic mass is 10.0. The Morgan fingerprint density at radius 2 is 2.50 bits per heavy atom. The number of rotatable bonds is 1. The van der Waals surface area contributed by atoms with Gasteiger partial charge in [0, 0.05) is 12.0 Å². The predicted octanol–water partition coefficient (Wildman–Crippen LogP) is 1.80. The highest BCUT2D eigenvalue weighted by molar-refractivity contribution is 5.94. The summed E-state index contributed by atoms with van der Waals surface area (Å²) >= 11 is 0.